The average molecular weight is 200 g/mol. The topological polar surface area (TPSA) is 82.5 Å². The van der Waals surface area contributed by atoms with Gasteiger partial charge in [0.25, 0.3) is 0 Å². The first-order valence-electron chi connectivity index (χ1n) is 4.64. The van der Waals surface area contributed by atoms with Crippen LogP contribution in [0.2, 0.25) is 0 Å². The number of hydrogen-bond donors (Lipinski definition) is 0. The second-order valence-corrected chi connectivity index (χ2v) is 3.53. The Morgan fingerprint density at radius 3 is 2.80 bits per heavy atom. The van der Waals surface area contributed by atoms with E-state index in [-0.39, 0.29) is 29.6 Å². The van der Waals surface area contributed by atoms with E-state index in [2.05, 4.69) is 4.98 Å². The highest BCUT2D eigenvalue weighted by Gasteiger charge is 2.29. The zero-order valence-corrected chi connectivity index (χ0v) is 7.97. The van der Waals surface area contributed by atoms with Crippen LogP contribution in [0, 0.1) is 28.6 Å². The molecule has 1 heterocycles. The monoisotopic (exact) mass is 200 g/mol. The van der Waals surface area contributed by atoms with Crippen LogP contribution in [-0.2, 0) is 11.3 Å². The number of hydrogen-bond acceptors (Lipinski definition) is 4. The lowest BCUT2D eigenvalue weighted by Gasteiger charge is -2.00. The van der Waals surface area contributed by atoms with Crippen molar-refractivity contribution in [3.63, 3.8) is 0 Å². The molecule has 1 aliphatic rings. The molecule has 0 N–H and O–H groups in total. The Morgan fingerprint density at radius 2 is 2.27 bits per heavy atom. The number of carbonyl (C=O) groups is 1. The molecule has 74 valence electrons. The molecular formula is C10H8N4O. The van der Waals surface area contributed by atoms with Crippen LogP contribution in [0.3, 0.4) is 0 Å². The highest BCUT2D eigenvalue weighted by atomic mass is 16.1. The van der Waals surface area contributed by atoms with Gasteiger partial charge < -0.3 is 4.57 Å². The van der Waals surface area contributed by atoms with Crippen molar-refractivity contribution in [3.8, 4) is 12.1 Å². The number of imidazole rings is 1. The Bertz CT molecular complexity index is 485. The fourth-order valence-corrected chi connectivity index (χ4v) is 1.40. The molecule has 2 rings (SSSR count). The normalized spacial score (nSPS) is 14.3. The minimum Gasteiger partial charge on any atom is -0.314 e. The molecule has 1 fully saturated rings. The molecule has 1 aliphatic carbocycles. The van der Waals surface area contributed by atoms with E-state index in [9.17, 15) is 4.79 Å². The van der Waals surface area contributed by atoms with Crippen molar-refractivity contribution in [1.29, 1.82) is 10.5 Å². The summed E-state index contributed by atoms with van der Waals surface area (Å²) in [6.45, 7) is 0.155. The molecule has 0 aliphatic heterocycles. The third-order valence-corrected chi connectivity index (χ3v) is 2.41. The number of aromatic nitrogens is 2. The zero-order valence-electron chi connectivity index (χ0n) is 7.97. The molecule has 0 amide bonds. The lowest BCUT2D eigenvalue weighted by atomic mass is 10.2. The lowest BCUT2D eigenvalue weighted by Crippen LogP contribution is -2.12. The molecule has 0 atom stereocenters. The van der Waals surface area contributed by atoms with Crippen LogP contribution >= 0.6 is 0 Å². The summed E-state index contributed by atoms with van der Waals surface area (Å²) in [6.07, 6.45) is 3.26. The highest BCUT2D eigenvalue weighted by molar-refractivity contribution is 5.83. The molecule has 0 unspecified atom stereocenters. The standard InChI is InChI=1S/C10H8N4O/c11-3-8-9(4-12)14(6-13-8)5-10(15)7-1-2-7/h6-7H,1-2,5H2. The van der Waals surface area contributed by atoms with E-state index in [0.29, 0.717) is 0 Å². The minimum absolute atomic E-state index is 0.0843. The second kappa shape index (κ2) is 3.55. The summed E-state index contributed by atoms with van der Waals surface area (Å²) >= 11 is 0. The summed E-state index contributed by atoms with van der Waals surface area (Å²) in [6, 6.07) is 3.70. The van der Waals surface area contributed by atoms with E-state index < -0.39 is 0 Å². The van der Waals surface area contributed by atoms with E-state index in [1.165, 1.54) is 10.9 Å². The first-order chi connectivity index (χ1) is 7.26. The van der Waals surface area contributed by atoms with Gasteiger partial charge in [-0.05, 0) is 12.8 Å². The van der Waals surface area contributed by atoms with Crippen LogP contribution in [0.5, 0.6) is 0 Å². The number of rotatable bonds is 3. The molecule has 15 heavy (non-hydrogen) atoms. The van der Waals surface area contributed by atoms with E-state index in [4.69, 9.17) is 10.5 Å². The Morgan fingerprint density at radius 1 is 1.53 bits per heavy atom. The maximum absolute atomic E-state index is 11.5. The highest BCUT2D eigenvalue weighted by Crippen LogP contribution is 2.30. The Hall–Kier alpha value is -2.14. The summed E-state index contributed by atoms with van der Waals surface area (Å²) in [5.74, 6) is 0.276. The van der Waals surface area contributed by atoms with Gasteiger partial charge in [0.05, 0.1) is 12.9 Å². The number of ketones is 1. The van der Waals surface area contributed by atoms with Gasteiger partial charge in [-0.15, -0.1) is 0 Å². The van der Waals surface area contributed by atoms with Crippen molar-refractivity contribution in [2.75, 3.05) is 0 Å². The van der Waals surface area contributed by atoms with Crippen molar-refractivity contribution in [1.82, 2.24) is 9.55 Å². The summed E-state index contributed by atoms with van der Waals surface area (Å²) in [5.41, 5.74) is 0.257. The van der Waals surface area contributed by atoms with Crippen molar-refractivity contribution in [2.45, 2.75) is 19.4 Å². The van der Waals surface area contributed by atoms with Gasteiger partial charge in [-0.1, -0.05) is 0 Å². The third-order valence-electron chi connectivity index (χ3n) is 2.41. The van der Waals surface area contributed by atoms with Gasteiger partial charge in [0.2, 0.25) is 0 Å². The molecule has 1 aromatic heterocycles. The summed E-state index contributed by atoms with van der Waals surface area (Å²) in [7, 11) is 0. The quantitative estimate of drug-likeness (QED) is 0.715. The number of Topliss-reactive ketones (excluding diaryl/α,β-unsaturated/α-hetero) is 1. The Balaban J connectivity index is 2.22. The van der Waals surface area contributed by atoms with Crippen molar-refractivity contribution >= 4 is 5.78 Å². The SMILES string of the molecule is N#Cc1ncn(CC(=O)C2CC2)c1C#N. The van der Waals surface area contributed by atoms with Crippen molar-refractivity contribution < 1.29 is 4.79 Å². The van der Waals surface area contributed by atoms with Crippen molar-refractivity contribution in [2.24, 2.45) is 5.92 Å². The van der Waals surface area contributed by atoms with Crippen LogP contribution in [0.4, 0.5) is 0 Å². The Kier molecular flexibility index (Phi) is 2.23. The van der Waals surface area contributed by atoms with Gasteiger partial charge in [-0.3, -0.25) is 4.79 Å². The smallest absolute Gasteiger partial charge is 0.176 e. The average Bonchev–Trinajstić information content (AvgIpc) is 3.01. The van der Waals surface area contributed by atoms with Crippen molar-refractivity contribution in [3.05, 3.63) is 17.7 Å². The van der Waals surface area contributed by atoms with Gasteiger partial charge >= 0.3 is 0 Å². The molecule has 0 saturated heterocycles. The molecule has 0 aromatic carbocycles. The number of nitriles is 2. The maximum Gasteiger partial charge on any atom is 0.176 e. The van der Waals surface area contributed by atoms with Crippen LogP contribution in [0.15, 0.2) is 6.33 Å². The molecular weight excluding hydrogens is 192 g/mol. The van der Waals surface area contributed by atoms with E-state index in [1.54, 1.807) is 0 Å². The molecule has 5 nitrogen and oxygen atoms in total. The van der Waals surface area contributed by atoms with Gasteiger partial charge in [0.1, 0.15) is 12.1 Å². The van der Waals surface area contributed by atoms with Gasteiger partial charge in [-0.2, -0.15) is 10.5 Å². The van der Waals surface area contributed by atoms with Crippen LogP contribution < -0.4 is 0 Å². The molecule has 1 aromatic rings. The molecule has 0 bridgehead atoms. The van der Waals surface area contributed by atoms with Gasteiger partial charge in [0.15, 0.2) is 17.2 Å². The fourth-order valence-electron chi connectivity index (χ4n) is 1.40. The molecule has 0 radical (unpaired) electrons. The summed E-state index contributed by atoms with van der Waals surface area (Å²) in [4.78, 5) is 15.3. The van der Waals surface area contributed by atoms with E-state index in [0.717, 1.165) is 12.8 Å². The van der Waals surface area contributed by atoms with Crippen LogP contribution in [-0.4, -0.2) is 15.3 Å². The first kappa shape index (κ1) is 9.42. The maximum atomic E-state index is 11.5. The van der Waals surface area contributed by atoms with E-state index in [1.807, 2.05) is 12.1 Å². The predicted molar refractivity (Wildman–Crippen MR) is 49.4 cm³/mol. The summed E-state index contributed by atoms with van der Waals surface area (Å²) in [5, 5.41) is 17.5. The first-order valence-corrected chi connectivity index (χ1v) is 4.64. The Labute approximate surface area is 86.6 Å². The lowest BCUT2D eigenvalue weighted by molar-refractivity contribution is -0.120. The number of nitrogens with zero attached hydrogens (tertiary/aromatic N) is 4. The third kappa shape index (κ3) is 1.72. The van der Waals surface area contributed by atoms with Gasteiger partial charge in [0, 0.05) is 5.92 Å². The minimum atomic E-state index is 0.0843. The molecule has 1 saturated carbocycles. The van der Waals surface area contributed by atoms with E-state index >= 15 is 0 Å². The molecule has 0 spiro atoms. The van der Waals surface area contributed by atoms with Gasteiger partial charge in [-0.25, -0.2) is 4.98 Å². The zero-order chi connectivity index (χ0) is 10.8. The fraction of sp³-hybridized carbons (Fsp3) is 0.400. The second-order valence-electron chi connectivity index (χ2n) is 3.53. The predicted octanol–water partition coefficient (Wildman–Crippen LogP) is 0.606. The summed E-state index contributed by atoms with van der Waals surface area (Å²) < 4.78 is 1.44. The van der Waals surface area contributed by atoms with Crippen LogP contribution in [0.1, 0.15) is 24.2 Å². The van der Waals surface area contributed by atoms with Crippen LogP contribution in [0.25, 0.3) is 0 Å². The number of carbonyl (C=O) groups excluding carboxylic acids is 1. The largest absolute Gasteiger partial charge is 0.314 e. The molecule has 5 heteroatoms.